The van der Waals surface area contributed by atoms with Gasteiger partial charge in [-0.2, -0.15) is 0 Å². The van der Waals surface area contributed by atoms with Crippen molar-refractivity contribution in [3.63, 3.8) is 0 Å². The molecule has 2 aromatic heterocycles. The Labute approximate surface area is 246 Å². The molecule has 1 aromatic carbocycles. The Morgan fingerprint density at radius 3 is 2.41 bits per heavy atom. The average Bonchev–Trinajstić information content (AvgIpc) is 3.49. The molecule has 3 aromatic rings. The number of anilines is 3. The Kier molecular flexibility index (Phi) is 9.31. The number of aromatic nitrogens is 2. The van der Waals surface area contributed by atoms with Gasteiger partial charge in [-0.15, -0.1) is 11.3 Å². The maximum absolute atomic E-state index is 13.4. The fraction of sp³-hybridized carbons (Fsp3) is 0.419. The molecule has 0 radical (unpaired) electrons. The molecular formula is C31H39N7O2S. The highest BCUT2D eigenvalue weighted by Crippen LogP contribution is 2.33. The minimum absolute atomic E-state index is 0.119. The number of hydrogen-bond donors (Lipinski definition) is 3. The van der Waals surface area contributed by atoms with Gasteiger partial charge in [0.25, 0.3) is 5.91 Å². The first-order valence-corrected chi connectivity index (χ1v) is 15.3. The molecule has 2 aliphatic rings. The summed E-state index contributed by atoms with van der Waals surface area (Å²) in [5, 5.41) is 12.5. The van der Waals surface area contributed by atoms with E-state index in [2.05, 4.69) is 68.3 Å². The fourth-order valence-corrected chi connectivity index (χ4v) is 6.32. The zero-order chi connectivity index (χ0) is 28.8. The monoisotopic (exact) mass is 573 g/mol. The van der Waals surface area contributed by atoms with E-state index in [-0.39, 0.29) is 17.9 Å². The van der Waals surface area contributed by atoms with Gasteiger partial charge in [-0.3, -0.25) is 14.6 Å². The second-order valence-corrected chi connectivity index (χ2v) is 11.8. The van der Waals surface area contributed by atoms with E-state index in [4.69, 9.17) is 0 Å². The number of amides is 2. The van der Waals surface area contributed by atoms with Gasteiger partial charge in [0, 0.05) is 73.3 Å². The molecule has 0 saturated carbocycles. The lowest BCUT2D eigenvalue weighted by Crippen LogP contribution is -2.44. The Hall–Kier alpha value is -3.76. The van der Waals surface area contributed by atoms with Crippen LogP contribution in [0.25, 0.3) is 10.6 Å². The summed E-state index contributed by atoms with van der Waals surface area (Å²) in [6.45, 7) is 11.8. The quantitative estimate of drug-likeness (QED) is 0.309. The van der Waals surface area contributed by atoms with Gasteiger partial charge in [-0.25, -0.2) is 4.98 Å². The van der Waals surface area contributed by atoms with Gasteiger partial charge in [0.05, 0.1) is 11.4 Å². The van der Waals surface area contributed by atoms with Crippen molar-refractivity contribution >= 4 is 40.2 Å². The minimum atomic E-state index is -0.238. The molecule has 0 atom stereocenters. The van der Waals surface area contributed by atoms with Gasteiger partial charge < -0.3 is 25.8 Å². The lowest BCUT2D eigenvalue weighted by atomic mass is 10.0. The molecule has 0 aliphatic carbocycles. The first-order valence-electron chi connectivity index (χ1n) is 14.4. The summed E-state index contributed by atoms with van der Waals surface area (Å²) in [5.74, 6) is -0.376. The standard InChI is InChI=1S/C31H39N7O2S/c1-4-29(39)34-24-11-17-38(18-12-24)28-6-5-25(33-23-9-15-37(16-10-23)21(2)3)19-26(28)35-30(40)27-20-41-31(36-27)22-7-13-32-14-8-22/h4-8,13-14,19-21,23-24,33H,1,9-12,15-18H2,2-3H3,(H,34,39)(H,35,40). The zero-order valence-electron chi connectivity index (χ0n) is 23.8. The van der Waals surface area contributed by atoms with Gasteiger partial charge >= 0.3 is 0 Å². The number of benzene rings is 1. The lowest BCUT2D eigenvalue weighted by molar-refractivity contribution is -0.117. The van der Waals surface area contributed by atoms with E-state index in [9.17, 15) is 9.59 Å². The van der Waals surface area contributed by atoms with Crippen molar-refractivity contribution in [1.29, 1.82) is 0 Å². The number of nitrogens with zero attached hydrogens (tertiary/aromatic N) is 4. The van der Waals surface area contributed by atoms with Gasteiger partial charge in [0.15, 0.2) is 0 Å². The Bertz CT molecular complexity index is 1340. The SMILES string of the molecule is C=CC(=O)NC1CCN(c2ccc(NC3CCN(C(C)C)CC3)cc2NC(=O)c2csc(-c3ccncc3)n2)CC1. The molecular weight excluding hydrogens is 534 g/mol. The minimum Gasteiger partial charge on any atom is -0.382 e. The predicted molar refractivity (Wildman–Crippen MR) is 167 cm³/mol. The van der Waals surface area contributed by atoms with Crippen LogP contribution >= 0.6 is 11.3 Å². The zero-order valence-corrected chi connectivity index (χ0v) is 24.6. The summed E-state index contributed by atoms with van der Waals surface area (Å²) in [4.78, 5) is 38.7. The van der Waals surface area contributed by atoms with Crippen molar-refractivity contribution in [1.82, 2.24) is 20.2 Å². The van der Waals surface area contributed by atoms with Crippen molar-refractivity contribution in [2.45, 2.75) is 57.7 Å². The number of nitrogens with one attached hydrogen (secondary N) is 3. The summed E-state index contributed by atoms with van der Waals surface area (Å²) in [5.41, 5.74) is 4.04. The molecule has 41 heavy (non-hydrogen) atoms. The molecule has 4 heterocycles. The second-order valence-electron chi connectivity index (χ2n) is 11.0. The number of rotatable bonds is 9. The average molecular weight is 574 g/mol. The Morgan fingerprint density at radius 1 is 1.02 bits per heavy atom. The first kappa shape index (κ1) is 28.8. The summed E-state index contributed by atoms with van der Waals surface area (Å²) in [6.07, 6.45) is 8.58. The number of pyridine rings is 1. The molecule has 9 nitrogen and oxygen atoms in total. The second kappa shape index (κ2) is 13.3. The highest BCUT2D eigenvalue weighted by molar-refractivity contribution is 7.13. The Balaban J connectivity index is 1.33. The molecule has 2 aliphatic heterocycles. The van der Waals surface area contributed by atoms with E-state index in [1.54, 1.807) is 17.8 Å². The molecule has 5 rings (SSSR count). The molecule has 3 N–H and O–H groups in total. The van der Waals surface area contributed by atoms with Gasteiger partial charge in [0.2, 0.25) is 5.91 Å². The number of thiazole rings is 1. The summed E-state index contributed by atoms with van der Waals surface area (Å²) < 4.78 is 0. The topological polar surface area (TPSA) is 102 Å². The van der Waals surface area contributed by atoms with Crippen LogP contribution in [0.2, 0.25) is 0 Å². The lowest BCUT2D eigenvalue weighted by Gasteiger charge is -2.36. The third-order valence-electron chi connectivity index (χ3n) is 7.91. The summed E-state index contributed by atoms with van der Waals surface area (Å²) in [7, 11) is 0. The summed E-state index contributed by atoms with van der Waals surface area (Å²) in [6, 6.07) is 11.1. The van der Waals surface area contributed by atoms with Gasteiger partial charge in [-0.05, 0) is 75.9 Å². The van der Waals surface area contributed by atoms with Gasteiger partial charge in [0.1, 0.15) is 10.7 Å². The van der Waals surface area contributed by atoms with E-state index in [0.717, 1.165) is 79.5 Å². The predicted octanol–water partition coefficient (Wildman–Crippen LogP) is 5.01. The van der Waals surface area contributed by atoms with Crippen molar-refractivity contribution in [2.75, 3.05) is 41.7 Å². The van der Waals surface area contributed by atoms with E-state index in [0.29, 0.717) is 17.8 Å². The van der Waals surface area contributed by atoms with E-state index < -0.39 is 0 Å². The van der Waals surface area contributed by atoms with Crippen LogP contribution in [0.4, 0.5) is 17.1 Å². The van der Waals surface area contributed by atoms with Crippen LogP contribution in [0, 0.1) is 0 Å². The number of carbonyl (C=O) groups is 2. The van der Waals surface area contributed by atoms with Crippen LogP contribution in [0.15, 0.2) is 60.8 Å². The highest BCUT2D eigenvalue weighted by atomic mass is 32.1. The third-order valence-corrected chi connectivity index (χ3v) is 8.80. The number of hydrogen-bond acceptors (Lipinski definition) is 8. The van der Waals surface area contributed by atoms with Crippen molar-refractivity contribution in [3.8, 4) is 10.6 Å². The summed E-state index contributed by atoms with van der Waals surface area (Å²) >= 11 is 1.44. The van der Waals surface area contributed by atoms with Crippen LogP contribution in [0.1, 0.15) is 50.0 Å². The van der Waals surface area contributed by atoms with Crippen molar-refractivity contribution in [2.24, 2.45) is 0 Å². The maximum atomic E-state index is 13.4. The van der Waals surface area contributed by atoms with E-state index in [1.807, 2.05) is 18.2 Å². The third kappa shape index (κ3) is 7.31. The number of piperidine rings is 2. The van der Waals surface area contributed by atoms with Gasteiger partial charge in [-0.1, -0.05) is 6.58 Å². The van der Waals surface area contributed by atoms with E-state index in [1.165, 1.54) is 17.4 Å². The number of likely N-dealkylation sites (tertiary alicyclic amines) is 1. The number of carbonyl (C=O) groups excluding carboxylic acids is 2. The van der Waals surface area contributed by atoms with Crippen LogP contribution in [-0.2, 0) is 4.79 Å². The van der Waals surface area contributed by atoms with Crippen LogP contribution in [0.3, 0.4) is 0 Å². The molecule has 2 saturated heterocycles. The Morgan fingerprint density at radius 2 is 1.73 bits per heavy atom. The van der Waals surface area contributed by atoms with Crippen molar-refractivity contribution in [3.05, 3.63) is 66.5 Å². The fourth-order valence-electron chi connectivity index (χ4n) is 5.51. The van der Waals surface area contributed by atoms with Crippen molar-refractivity contribution < 1.29 is 9.59 Å². The molecule has 0 unspecified atom stereocenters. The van der Waals surface area contributed by atoms with Crippen LogP contribution < -0.4 is 20.9 Å². The molecule has 0 bridgehead atoms. The molecule has 2 amide bonds. The normalized spacial score (nSPS) is 16.9. The van der Waals surface area contributed by atoms with Crippen LogP contribution in [-0.4, -0.2) is 71.0 Å². The van der Waals surface area contributed by atoms with Crippen LogP contribution in [0.5, 0.6) is 0 Å². The maximum Gasteiger partial charge on any atom is 0.275 e. The largest absolute Gasteiger partial charge is 0.382 e. The molecule has 0 spiro atoms. The molecule has 10 heteroatoms. The first-order chi connectivity index (χ1) is 19.9. The molecule has 216 valence electrons. The van der Waals surface area contributed by atoms with E-state index >= 15 is 0 Å². The molecule has 2 fully saturated rings. The highest BCUT2D eigenvalue weighted by Gasteiger charge is 2.25. The smallest absolute Gasteiger partial charge is 0.275 e.